The van der Waals surface area contributed by atoms with E-state index in [4.69, 9.17) is 4.98 Å². The van der Waals surface area contributed by atoms with E-state index >= 15 is 0 Å². The summed E-state index contributed by atoms with van der Waals surface area (Å²) in [5.74, 6) is 1.87. The monoisotopic (exact) mass is 393 g/mol. The van der Waals surface area contributed by atoms with E-state index in [1.807, 2.05) is 35.8 Å². The topological polar surface area (TPSA) is 66.8 Å². The number of imidazole rings is 1. The van der Waals surface area contributed by atoms with Crippen LogP contribution in [0.1, 0.15) is 35.1 Å². The molecule has 1 aliphatic heterocycles. The molecule has 5 rings (SSSR count). The Labute approximate surface area is 166 Å². The van der Waals surface area contributed by atoms with Gasteiger partial charge in [0.2, 0.25) is 0 Å². The quantitative estimate of drug-likeness (QED) is 0.557. The van der Waals surface area contributed by atoms with Crippen molar-refractivity contribution in [2.75, 3.05) is 18.0 Å². The number of hydrogen-bond donors (Lipinski definition) is 1. The minimum absolute atomic E-state index is 0.00998. The van der Waals surface area contributed by atoms with Crippen LogP contribution in [0.2, 0.25) is 0 Å². The van der Waals surface area contributed by atoms with Crippen LogP contribution in [-0.4, -0.2) is 32.6 Å². The molecular weight excluding hydrogens is 370 g/mol. The molecule has 4 heterocycles. The Morgan fingerprint density at radius 1 is 1.11 bits per heavy atom. The number of piperidine rings is 1. The Bertz CT molecular complexity index is 1240. The number of aryl methyl sites for hydroxylation is 3. The van der Waals surface area contributed by atoms with Gasteiger partial charge in [-0.2, -0.15) is 0 Å². The highest BCUT2D eigenvalue weighted by atomic mass is 32.1. The Balaban J connectivity index is 1.47. The van der Waals surface area contributed by atoms with Crippen molar-refractivity contribution in [1.29, 1.82) is 0 Å². The predicted molar refractivity (Wildman–Crippen MR) is 115 cm³/mol. The third kappa shape index (κ3) is 2.64. The third-order valence-electron chi connectivity index (χ3n) is 5.87. The molecule has 0 amide bonds. The van der Waals surface area contributed by atoms with Crippen molar-refractivity contribution in [2.45, 2.75) is 39.7 Å². The number of para-hydroxylation sites is 2. The number of aromatic amines is 1. The highest BCUT2D eigenvalue weighted by Crippen LogP contribution is 2.37. The zero-order valence-electron chi connectivity index (χ0n) is 16.3. The molecular formula is C21H23N5OS. The number of anilines is 1. The first kappa shape index (κ1) is 17.4. The molecule has 1 aromatic carbocycles. The number of H-pyrrole nitrogens is 1. The van der Waals surface area contributed by atoms with Crippen molar-refractivity contribution >= 4 is 38.4 Å². The van der Waals surface area contributed by atoms with Gasteiger partial charge in [-0.25, -0.2) is 14.8 Å². The standard InChI is InChI=1S/C21H23N5OS/c1-12-13(2)28-20-18(12)19(22-14(3)23-20)25-10-8-15(9-11-25)26-17-7-5-4-6-16(17)24-21(26)27/h4-7,15H,8-11H2,1-3H3,(H,24,27). The van der Waals surface area contributed by atoms with Gasteiger partial charge in [0, 0.05) is 24.0 Å². The first-order chi connectivity index (χ1) is 13.5. The van der Waals surface area contributed by atoms with Crippen LogP contribution in [-0.2, 0) is 0 Å². The van der Waals surface area contributed by atoms with Crippen molar-refractivity contribution in [2.24, 2.45) is 0 Å². The highest BCUT2D eigenvalue weighted by Gasteiger charge is 2.26. The van der Waals surface area contributed by atoms with Gasteiger partial charge in [0.25, 0.3) is 0 Å². The number of aromatic nitrogens is 4. The average molecular weight is 394 g/mol. The summed E-state index contributed by atoms with van der Waals surface area (Å²) in [6.07, 6.45) is 1.85. The molecule has 3 aromatic heterocycles. The second-order valence-corrected chi connectivity index (χ2v) is 8.80. The van der Waals surface area contributed by atoms with Gasteiger partial charge >= 0.3 is 5.69 Å². The minimum atomic E-state index is -0.00998. The van der Waals surface area contributed by atoms with Crippen LogP contribution in [0.25, 0.3) is 21.3 Å². The predicted octanol–water partition coefficient (Wildman–Crippen LogP) is 4.10. The zero-order valence-corrected chi connectivity index (χ0v) is 17.1. The van der Waals surface area contributed by atoms with Crippen molar-refractivity contribution in [3.05, 3.63) is 51.0 Å². The number of nitrogens with one attached hydrogen (secondary N) is 1. The number of benzene rings is 1. The van der Waals surface area contributed by atoms with Gasteiger partial charge in [0.1, 0.15) is 16.5 Å². The fourth-order valence-corrected chi connectivity index (χ4v) is 5.40. The molecule has 0 aliphatic carbocycles. The molecule has 0 radical (unpaired) electrons. The van der Waals surface area contributed by atoms with Crippen LogP contribution < -0.4 is 10.6 Å². The van der Waals surface area contributed by atoms with E-state index in [1.165, 1.54) is 15.8 Å². The summed E-state index contributed by atoms with van der Waals surface area (Å²) >= 11 is 1.75. The first-order valence-corrected chi connectivity index (χ1v) is 10.5. The van der Waals surface area contributed by atoms with Crippen LogP contribution in [0.15, 0.2) is 29.1 Å². The SMILES string of the molecule is Cc1nc(N2CCC(n3c(=O)[nH]c4ccccc43)CC2)c2c(C)c(C)sc2n1. The van der Waals surface area contributed by atoms with Crippen LogP contribution in [0, 0.1) is 20.8 Å². The molecule has 6 nitrogen and oxygen atoms in total. The molecule has 0 atom stereocenters. The lowest BCUT2D eigenvalue weighted by Crippen LogP contribution is -2.37. The second kappa shape index (κ2) is 6.44. The summed E-state index contributed by atoms with van der Waals surface area (Å²) in [5, 5.41) is 1.19. The van der Waals surface area contributed by atoms with E-state index < -0.39 is 0 Å². The number of nitrogens with zero attached hydrogens (tertiary/aromatic N) is 4. The summed E-state index contributed by atoms with van der Waals surface area (Å²) in [6, 6.07) is 8.14. The van der Waals surface area contributed by atoms with Crippen LogP contribution in [0.4, 0.5) is 5.82 Å². The van der Waals surface area contributed by atoms with Crippen molar-refractivity contribution in [3.8, 4) is 0 Å². The maximum atomic E-state index is 12.5. The van der Waals surface area contributed by atoms with Crippen LogP contribution in [0.3, 0.4) is 0 Å². The van der Waals surface area contributed by atoms with Crippen LogP contribution >= 0.6 is 11.3 Å². The molecule has 1 aliphatic rings. The van der Waals surface area contributed by atoms with Gasteiger partial charge in [-0.05, 0) is 51.3 Å². The number of hydrogen-bond acceptors (Lipinski definition) is 5. The number of fused-ring (bicyclic) bond motifs is 2. The fourth-order valence-electron chi connectivity index (χ4n) is 4.33. The van der Waals surface area contributed by atoms with E-state index in [0.29, 0.717) is 0 Å². The molecule has 144 valence electrons. The van der Waals surface area contributed by atoms with E-state index in [2.05, 4.69) is 28.7 Å². The molecule has 0 saturated carbocycles. The van der Waals surface area contributed by atoms with Gasteiger partial charge in [0.15, 0.2) is 0 Å². The lowest BCUT2D eigenvalue weighted by atomic mass is 10.0. The Morgan fingerprint density at radius 3 is 2.64 bits per heavy atom. The lowest BCUT2D eigenvalue weighted by molar-refractivity contribution is 0.395. The number of rotatable bonds is 2. The molecule has 28 heavy (non-hydrogen) atoms. The molecule has 0 spiro atoms. The van der Waals surface area contributed by atoms with Gasteiger partial charge in [-0.1, -0.05) is 12.1 Å². The average Bonchev–Trinajstić information content (AvgIpc) is 3.16. The first-order valence-electron chi connectivity index (χ1n) is 9.71. The van der Waals surface area contributed by atoms with Gasteiger partial charge in [-0.3, -0.25) is 4.57 Å². The molecule has 0 unspecified atom stereocenters. The van der Waals surface area contributed by atoms with Gasteiger partial charge in [-0.15, -0.1) is 11.3 Å². The maximum Gasteiger partial charge on any atom is 0.326 e. The lowest BCUT2D eigenvalue weighted by Gasteiger charge is -2.33. The minimum Gasteiger partial charge on any atom is -0.356 e. The maximum absolute atomic E-state index is 12.5. The van der Waals surface area contributed by atoms with Crippen molar-refractivity contribution < 1.29 is 0 Å². The summed E-state index contributed by atoms with van der Waals surface area (Å²) in [7, 11) is 0. The summed E-state index contributed by atoms with van der Waals surface area (Å²) in [5.41, 5.74) is 3.18. The number of thiophene rings is 1. The van der Waals surface area contributed by atoms with E-state index in [1.54, 1.807) is 11.3 Å². The molecule has 7 heteroatoms. The normalized spacial score (nSPS) is 15.8. The summed E-state index contributed by atoms with van der Waals surface area (Å²) in [4.78, 5) is 29.7. The van der Waals surface area contributed by atoms with Crippen molar-refractivity contribution in [3.63, 3.8) is 0 Å². The zero-order chi connectivity index (χ0) is 19.4. The molecule has 1 saturated heterocycles. The van der Waals surface area contributed by atoms with E-state index in [-0.39, 0.29) is 11.7 Å². The molecule has 4 aromatic rings. The third-order valence-corrected chi connectivity index (χ3v) is 6.98. The fraction of sp³-hybridized carbons (Fsp3) is 0.381. The van der Waals surface area contributed by atoms with E-state index in [0.717, 1.165) is 53.4 Å². The highest BCUT2D eigenvalue weighted by molar-refractivity contribution is 7.18. The molecule has 1 N–H and O–H groups in total. The van der Waals surface area contributed by atoms with Crippen LogP contribution in [0.5, 0.6) is 0 Å². The smallest absolute Gasteiger partial charge is 0.326 e. The largest absolute Gasteiger partial charge is 0.356 e. The van der Waals surface area contributed by atoms with E-state index in [9.17, 15) is 4.79 Å². The van der Waals surface area contributed by atoms with Gasteiger partial charge < -0.3 is 9.88 Å². The second-order valence-electron chi connectivity index (χ2n) is 7.59. The summed E-state index contributed by atoms with van der Waals surface area (Å²) < 4.78 is 1.94. The summed E-state index contributed by atoms with van der Waals surface area (Å²) in [6.45, 7) is 8.05. The Morgan fingerprint density at radius 2 is 1.86 bits per heavy atom. The Hall–Kier alpha value is -2.67. The van der Waals surface area contributed by atoms with Crippen molar-refractivity contribution in [1.82, 2.24) is 19.5 Å². The van der Waals surface area contributed by atoms with Gasteiger partial charge in [0.05, 0.1) is 16.4 Å². The molecule has 1 fully saturated rings. The Kier molecular flexibility index (Phi) is 4.01. The molecule has 0 bridgehead atoms.